The van der Waals surface area contributed by atoms with Crippen molar-refractivity contribution in [3.8, 4) is 11.1 Å². The second-order valence-corrected chi connectivity index (χ2v) is 9.62. The molecule has 0 spiro atoms. The van der Waals surface area contributed by atoms with E-state index in [1.165, 1.54) is 40.6 Å². The van der Waals surface area contributed by atoms with Crippen molar-refractivity contribution >= 4 is 37.5 Å². The monoisotopic (exact) mass is 417 g/mol. The lowest BCUT2D eigenvalue weighted by molar-refractivity contribution is 0.0725. The predicted molar refractivity (Wildman–Crippen MR) is 127 cm³/mol. The fourth-order valence-electron chi connectivity index (χ4n) is 5.77. The van der Waals surface area contributed by atoms with Gasteiger partial charge in [0, 0.05) is 42.9 Å². The molecule has 3 aliphatic rings. The van der Waals surface area contributed by atoms with Gasteiger partial charge in [-0.25, -0.2) is 4.98 Å². The van der Waals surface area contributed by atoms with Gasteiger partial charge in [0.1, 0.15) is 7.85 Å². The van der Waals surface area contributed by atoms with Crippen LogP contribution < -0.4 is 5.46 Å². The molecule has 5 heterocycles. The van der Waals surface area contributed by atoms with Gasteiger partial charge in [0.2, 0.25) is 0 Å². The lowest BCUT2D eigenvalue weighted by Crippen LogP contribution is -2.57. The Hall–Kier alpha value is -3.41. The van der Waals surface area contributed by atoms with Crippen molar-refractivity contribution in [3.63, 3.8) is 0 Å². The van der Waals surface area contributed by atoms with Gasteiger partial charge >= 0.3 is 0 Å². The Kier molecular flexibility index (Phi) is 3.46. The normalized spacial score (nSPS) is 21.3. The maximum atomic E-state index is 13.2. The summed E-state index contributed by atoms with van der Waals surface area (Å²) in [6.07, 6.45) is 8.15. The first kappa shape index (κ1) is 18.2. The SMILES string of the molecule is BC12Bc3cc(-c4ccnc5nn(C)cc45)cc(C4CC4)c3CN1C(=O)c1cccnc12. The molecule has 0 radical (unpaired) electrons. The molecule has 0 N–H and O–H groups in total. The molecule has 0 bridgehead atoms. The Morgan fingerprint density at radius 2 is 2.03 bits per heavy atom. The lowest BCUT2D eigenvalue weighted by Gasteiger charge is -2.41. The van der Waals surface area contributed by atoms with Gasteiger partial charge in [0.15, 0.2) is 12.9 Å². The van der Waals surface area contributed by atoms with Crippen LogP contribution in [0.25, 0.3) is 22.2 Å². The van der Waals surface area contributed by atoms with E-state index in [0.717, 1.165) is 29.6 Å². The molecule has 1 atom stereocenters. The number of fused-ring (bicyclic) bond motifs is 5. The molecule has 3 aromatic heterocycles. The number of carbonyl (C=O) groups excluding carboxylic acids is 1. The predicted octanol–water partition coefficient (Wildman–Crippen LogP) is 1.38. The number of nitrogens with zero attached hydrogens (tertiary/aromatic N) is 5. The van der Waals surface area contributed by atoms with E-state index in [2.05, 4.69) is 41.1 Å². The Balaban J connectivity index is 1.43. The highest BCUT2D eigenvalue weighted by molar-refractivity contribution is 6.67. The van der Waals surface area contributed by atoms with Crippen LogP contribution in [0, 0.1) is 0 Å². The average Bonchev–Trinajstić information content (AvgIpc) is 3.53. The molecular formula is C24H21B2N5O. The molecule has 1 aromatic carbocycles. The molecule has 2 aliphatic heterocycles. The van der Waals surface area contributed by atoms with Crippen molar-refractivity contribution in [1.29, 1.82) is 0 Å². The average molecular weight is 417 g/mol. The van der Waals surface area contributed by atoms with Crippen LogP contribution in [0.5, 0.6) is 0 Å². The number of pyridine rings is 2. The van der Waals surface area contributed by atoms with Gasteiger partial charge in [0.05, 0.1) is 11.3 Å². The van der Waals surface area contributed by atoms with Crippen LogP contribution in [0.1, 0.15) is 45.9 Å². The van der Waals surface area contributed by atoms with Gasteiger partial charge < -0.3 is 4.90 Å². The number of hydrogen-bond donors (Lipinski definition) is 0. The van der Waals surface area contributed by atoms with E-state index < -0.39 is 5.34 Å². The molecule has 4 aromatic rings. The highest BCUT2D eigenvalue weighted by atomic mass is 16.2. The molecular weight excluding hydrogens is 396 g/mol. The molecule has 32 heavy (non-hydrogen) atoms. The molecule has 8 heteroatoms. The van der Waals surface area contributed by atoms with Crippen molar-refractivity contribution in [2.75, 3.05) is 0 Å². The zero-order valence-electron chi connectivity index (χ0n) is 18.2. The summed E-state index contributed by atoms with van der Waals surface area (Å²) >= 11 is 0. The van der Waals surface area contributed by atoms with E-state index >= 15 is 0 Å². The summed E-state index contributed by atoms with van der Waals surface area (Å²) in [5.41, 5.74) is 8.90. The Morgan fingerprint density at radius 1 is 1.16 bits per heavy atom. The standard InChI is InChI=1S/C24H21B2N5O/c1-30-11-19-15(6-8-28-22(19)29-30)14-9-17(13-4-5-13)18-12-31-23(32)16-3-2-7-27-21(16)24(31,25)26-20(18)10-14/h2-3,6-11,13,26H,4-5,12,25H2,1H3. The van der Waals surface area contributed by atoms with Crippen LogP contribution in [0.15, 0.2) is 48.9 Å². The van der Waals surface area contributed by atoms with E-state index in [0.29, 0.717) is 12.5 Å². The fraction of sp³-hybridized carbons (Fsp3) is 0.250. The zero-order chi connectivity index (χ0) is 21.6. The minimum atomic E-state index is -0.401. The van der Waals surface area contributed by atoms with Crippen molar-refractivity contribution in [2.24, 2.45) is 7.05 Å². The second-order valence-electron chi connectivity index (χ2n) is 9.62. The molecule has 7 rings (SSSR count). The number of rotatable bonds is 2. The Morgan fingerprint density at radius 3 is 2.88 bits per heavy atom. The first-order valence-corrected chi connectivity index (χ1v) is 11.2. The minimum Gasteiger partial charge on any atom is -0.338 e. The summed E-state index contributed by atoms with van der Waals surface area (Å²) in [5.74, 6) is 0.704. The Bertz CT molecular complexity index is 1460. The molecule has 1 saturated carbocycles. The molecule has 1 aliphatic carbocycles. The van der Waals surface area contributed by atoms with Gasteiger partial charge in [-0.05, 0) is 59.2 Å². The molecule has 1 fully saturated rings. The van der Waals surface area contributed by atoms with Gasteiger partial charge in [-0.2, -0.15) is 5.10 Å². The third-order valence-electron chi connectivity index (χ3n) is 7.48. The van der Waals surface area contributed by atoms with Crippen LogP contribution in [-0.2, 0) is 18.9 Å². The zero-order valence-corrected chi connectivity index (χ0v) is 18.2. The van der Waals surface area contributed by atoms with E-state index in [1.807, 2.05) is 41.2 Å². The van der Waals surface area contributed by atoms with E-state index in [1.54, 1.807) is 6.20 Å². The molecule has 6 nitrogen and oxygen atoms in total. The van der Waals surface area contributed by atoms with Crippen molar-refractivity contribution in [2.45, 2.75) is 30.6 Å². The summed E-state index contributed by atoms with van der Waals surface area (Å²) in [4.78, 5) is 24.4. The van der Waals surface area contributed by atoms with Crippen molar-refractivity contribution in [1.82, 2.24) is 24.6 Å². The quantitative estimate of drug-likeness (QED) is 0.463. The van der Waals surface area contributed by atoms with Gasteiger partial charge in [-0.3, -0.25) is 14.5 Å². The summed E-state index contributed by atoms with van der Waals surface area (Å²) in [7, 11) is 4.89. The molecule has 1 amide bonds. The van der Waals surface area contributed by atoms with E-state index in [-0.39, 0.29) is 5.91 Å². The number of amides is 1. The van der Waals surface area contributed by atoms with E-state index in [4.69, 9.17) is 0 Å². The summed E-state index contributed by atoms with van der Waals surface area (Å²) < 4.78 is 1.83. The number of carbonyl (C=O) groups is 1. The minimum absolute atomic E-state index is 0.110. The summed E-state index contributed by atoms with van der Waals surface area (Å²) in [6, 6.07) is 10.6. The largest absolute Gasteiger partial charge is 0.338 e. The van der Waals surface area contributed by atoms with Gasteiger partial charge in [0.25, 0.3) is 5.91 Å². The number of benzene rings is 1. The summed E-state index contributed by atoms with van der Waals surface area (Å²) in [5, 5.41) is 5.17. The van der Waals surface area contributed by atoms with Crippen LogP contribution in [-0.4, -0.2) is 45.7 Å². The highest BCUT2D eigenvalue weighted by Gasteiger charge is 2.51. The number of aryl methyl sites for hydroxylation is 1. The molecule has 1 unspecified atom stereocenters. The second kappa shape index (κ2) is 6.09. The van der Waals surface area contributed by atoms with Crippen LogP contribution in [0.2, 0.25) is 0 Å². The molecule has 154 valence electrons. The van der Waals surface area contributed by atoms with Crippen molar-refractivity contribution < 1.29 is 4.79 Å². The maximum absolute atomic E-state index is 13.2. The fourth-order valence-corrected chi connectivity index (χ4v) is 5.77. The maximum Gasteiger partial charge on any atom is 0.255 e. The van der Waals surface area contributed by atoms with Gasteiger partial charge in [-0.15, -0.1) is 0 Å². The van der Waals surface area contributed by atoms with Crippen LogP contribution >= 0.6 is 0 Å². The molecule has 0 saturated heterocycles. The van der Waals surface area contributed by atoms with Crippen LogP contribution in [0.3, 0.4) is 0 Å². The van der Waals surface area contributed by atoms with Crippen LogP contribution in [0.4, 0.5) is 0 Å². The first-order chi connectivity index (χ1) is 15.5. The van der Waals surface area contributed by atoms with E-state index in [9.17, 15) is 4.79 Å². The lowest BCUT2D eigenvalue weighted by atomic mass is 9.41. The number of aromatic nitrogens is 4. The first-order valence-electron chi connectivity index (χ1n) is 11.2. The highest BCUT2D eigenvalue weighted by Crippen LogP contribution is 2.46. The number of hydrogen-bond acceptors (Lipinski definition) is 4. The Labute approximate surface area is 187 Å². The summed E-state index contributed by atoms with van der Waals surface area (Å²) in [6.45, 7) is 0.659. The van der Waals surface area contributed by atoms with Crippen molar-refractivity contribution in [3.05, 3.63) is 71.3 Å². The topological polar surface area (TPSA) is 63.9 Å². The van der Waals surface area contributed by atoms with Gasteiger partial charge in [-0.1, -0.05) is 17.6 Å². The third-order valence-corrected chi connectivity index (χ3v) is 7.48. The third kappa shape index (κ3) is 2.38. The smallest absolute Gasteiger partial charge is 0.255 e.